The molecule has 0 bridgehead atoms. The number of carbonyl (C=O) groups is 3. The molecule has 38 heavy (non-hydrogen) atoms. The second-order valence-corrected chi connectivity index (χ2v) is 10.9. The number of nitrogens with zero attached hydrogens (tertiary/aromatic N) is 2. The molecule has 2 saturated heterocycles. The number of anilines is 3. The van der Waals surface area contributed by atoms with Crippen molar-refractivity contribution in [3.8, 4) is 5.75 Å². The molecule has 2 aromatic carbocycles. The molecule has 3 aliphatic rings. The highest BCUT2D eigenvalue weighted by atomic mass is 16.5. The summed E-state index contributed by atoms with van der Waals surface area (Å²) in [5.41, 5.74) is 1.63. The molecule has 3 N–H and O–H groups in total. The zero-order chi connectivity index (χ0) is 26.7. The Morgan fingerprint density at radius 1 is 1.00 bits per heavy atom. The fourth-order valence-electron chi connectivity index (χ4n) is 5.67. The molecule has 2 heterocycles. The van der Waals surface area contributed by atoms with Gasteiger partial charge in [0.1, 0.15) is 11.3 Å². The van der Waals surface area contributed by atoms with Crippen molar-refractivity contribution in [3.63, 3.8) is 0 Å². The molecule has 1 aliphatic carbocycles. The quantitative estimate of drug-likeness (QED) is 0.505. The molecule has 202 valence electrons. The van der Waals surface area contributed by atoms with Gasteiger partial charge in [-0.2, -0.15) is 0 Å². The van der Waals surface area contributed by atoms with Crippen molar-refractivity contribution in [2.75, 3.05) is 35.7 Å². The second-order valence-electron chi connectivity index (χ2n) is 10.9. The van der Waals surface area contributed by atoms with E-state index < -0.39 is 5.54 Å². The number of likely N-dealkylation sites (N-methyl/N-ethyl adjacent to an activating group) is 1. The molecular formula is C29H37N5O4. The fraction of sp³-hybridized carbons (Fsp3) is 0.483. The monoisotopic (exact) mass is 519 g/mol. The lowest BCUT2D eigenvalue weighted by atomic mass is 9.97. The van der Waals surface area contributed by atoms with Crippen molar-refractivity contribution in [2.45, 2.75) is 69.6 Å². The Morgan fingerprint density at radius 3 is 2.24 bits per heavy atom. The lowest BCUT2D eigenvalue weighted by Crippen LogP contribution is -2.55. The smallest absolute Gasteiger partial charge is 0.323 e. The summed E-state index contributed by atoms with van der Waals surface area (Å²) in [5, 5.41) is 8.58. The normalized spacial score (nSPS) is 23.3. The van der Waals surface area contributed by atoms with Gasteiger partial charge in [-0.25, -0.2) is 4.79 Å². The van der Waals surface area contributed by atoms with Crippen LogP contribution in [-0.4, -0.2) is 60.6 Å². The van der Waals surface area contributed by atoms with Crippen LogP contribution in [0.5, 0.6) is 5.75 Å². The van der Waals surface area contributed by atoms with E-state index in [4.69, 9.17) is 4.74 Å². The highest BCUT2D eigenvalue weighted by Crippen LogP contribution is 2.28. The van der Waals surface area contributed by atoms with E-state index in [1.807, 2.05) is 62.5 Å². The summed E-state index contributed by atoms with van der Waals surface area (Å²) < 4.78 is 5.98. The molecule has 3 fully saturated rings. The van der Waals surface area contributed by atoms with Crippen LogP contribution in [0.4, 0.5) is 21.9 Å². The Labute approximate surface area is 223 Å². The number of nitrogens with one attached hydrogen (secondary N) is 3. The molecule has 5 rings (SSSR count). The van der Waals surface area contributed by atoms with Gasteiger partial charge in [-0.05, 0) is 94.0 Å². The van der Waals surface area contributed by atoms with Crippen LogP contribution >= 0.6 is 0 Å². The van der Waals surface area contributed by atoms with Crippen LogP contribution < -0.4 is 25.6 Å². The van der Waals surface area contributed by atoms with Gasteiger partial charge in [0.15, 0.2) is 0 Å². The van der Waals surface area contributed by atoms with E-state index in [9.17, 15) is 14.4 Å². The predicted molar refractivity (Wildman–Crippen MR) is 148 cm³/mol. The summed E-state index contributed by atoms with van der Waals surface area (Å²) in [6, 6.07) is 15.0. The molecule has 0 radical (unpaired) electrons. The van der Waals surface area contributed by atoms with Gasteiger partial charge in [-0.1, -0.05) is 0 Å². The molecule has 2 aliphatic heterocycles. The molecule has 0 aromatic heterocycles. The van der Waals surface area contributed by atoms with E-state index in [1.165, 1.54) is 12.8 Å². The lowest BCUT2D eigenvalue weighted by molar-refractivity contribution is -0.139. The number of hydrogen-bond donors (Lipinski definition) is 3. The predicted octanol–water partition coefficient (Wildman–Crippen LogP) is 4.36. The molecule has 2 unspecified atom stereocenters. The van der Waals surface area contributed by atoms with Gasteiger partial charge in [0.05, 0.1) is 12.1 Å². The molecular weight excluding hydrogens is 482 g/mol. The van der Waals surface area contributed by atoms with Crippen LogP contribution in [-0.2, 0) is 9.59 Å². The third-order valence-electron chi connectivity index (χ3n) is 7.98. The van der Waals surface area contributed by atoms with Gasteiger partial charge < -0.3 is 30.5 Å². The highest BCUT2D eigenvalue weighted by molar-refractivity contribution is 5.99. The van der Waals surface area contributed by atoms with Crippen LogP contribution in [0.1, 0.15) is 51.9 Å². The Kier molecular flexibility index (Phi) is 7.44. The topological polar surface area (TPSA) is 103 Å². The third kappa shape index (κ3) is 5.87. The molecule has 4 amide bonds. The van der Waals surface area contributed by atoms with E-state index in [2.05, 4.69) is 20.9 Å². The summed E-state index contributed by atoms with van der Waals surface area (Å²) in [6.07, 6.45) is 6.76. The maximum absolute atomic E-state index is 13.0. The summed E-state index contributed by atoms with van der Waals surface area (Å²) in [5.74, 6) is 0.737. The minimum Gasteiger partial charge on any atom is -0.490 e. The van der Waals surface area contributed by atoms with Gasteiger partial charge in [0.2, 0.25) is 11.8 Å². The first-order chi connectivity index (χ1) is 18.3. The third-order valence-corrected chi connectivity index (χ3v) is 7.98. The van der Waals surface area contributed by atoms with E-state index in [0.29, 0.717) is 30.3 Å². The van der Waals surface area contributed by atoms with Gasteiger partial charge in [0.25, 0.3) is 0 Å². The van der Waals surface area contributed by atoms with Gasteiger partial charge >= 0.3 is 6.03 Å². The largest absolute Gasteiger partial charge is 0.490 e. The number of hydrogen-bond acceptors (Lipinski definition) is 5. The summed E-state index contributed by atoms with van der Waals surface area (Å²) in [6.45, 7) is 3.37. The van der Waals surface area contributed by atoms with Crippen molar-refractivity contribution < 1.29 is 19.1 Å². The van der Waals surface area contributed by atoms with Crippen molar-refractivity contribution in [3.05, 3.63) is 48.5 Å². The van der Waals surface area contributed by atoms with Crippen molar-refractivity contribution >= 4 is 34.9 Å². The zero-order valence-corrected chi connectivity index (χ0v) is 22.2. The van der Waals surface area contributed by atoms with Crippen LogP contribution in [0.3, 0.4) is 0 Å². The first-order valence-corrected chi connectivity index (χ1v) is 13.6. The minimum atomic E-state index is -0.807. The number of amides is 4. The zero-order valence-electron chi connectivity index (χ0n) is 22.2. The fourth-order valence-corrected chi connectivity index (χ4v) is 5.67. The first kappa shape index (κ1) is 25.9. The van der Waals surface area contributed by atoms with Crippen LogP contribution in [0.2, 0.25) is 0 Å². The molecule has 0 spiro atoms. The SMILES string of the molecule is CN(C(=O)C1(C)CCC(=O)N1)C1CCN(c2ccc(NC(=O)Nc3ccc(OC4CCCC4)cc3)cc2)C1. The van der Waals surface area contributed by atoms with Gasteiger partial charge in [0, 0.05) is 43.6 Å². The first-order valence-electron chi connectivity index (χ1n) is 13.6. The van der Waals surface area contributed by atoms with Crippen LogP contribution in [0, 0.1) is 0 Å². The van der Waals surface area contributed by atoms with E-state index in [0.717, 1.165) is 43.8 Å². The Balaban J connectivity index is 1.10. The van der Waals surface area contributed by atoms with Crippen LogP contribution in [0.25, 0.3) is 0 Å². The second kappa shape index (κ2) is 10.9. The summed E-state index contributed by atoms with van der Waals surface area (Å²) in [4.78, 5) is 41.2. The number of benzene rings is 2. The molecule has 2 atom stereocenters. The van der Waals surface area contributed by atoms with E-state index >= 15 is 0 Å². The van der Waals surface area contributed by atoms with Crippen molar-refractivity contribution in [1.29, 1.82) is 0 Å². The maximum Gasteiger partial charge on any atom is 0.323 e. The average molecular weight is 520 g/mol. The van der Waals surface area contributed by atoms with Crippen LogP contribution in [0.15, 0.2) is 48.5 Å². The number of carbonyl (C=O) groups excluding carboxylic acids is 3. The van der Waals surface area contributed by atoms with Gasteiger partial charge in [-0.15, -0.1) is 0 Å². The summed E-state index contributed by atoms with van der Waals surface area (Å²) >= 11 is 0. The Morgan fingerprint density at radius 2 is 1.63 bits per heavy atom. The maximum atomic E-state index is 13.0. The lowest BCUT2D eigenvalue weighted by Gasteiger charge is -2.33. The number of urea groups is 1. The van der Waals surface area contributed by atoms with Crippen molar-refractivity contribution in [1.82, 2.24) is 10.2 Å². The molecule has 1 saturated carbocycles. The standard InChI is InChI=1S/C29H37N5O4/c1-29(17-15-26(35)32-29)27(36)33(2)23-16-18-34(19-23)22-11-7-20(8-12-22)30-28(37)31-21-9-13-25(14-10-21)38-24-5-3-4-6-24/h7-14,23-24H,3-6,15-19H2,1-2H3,(H,32,35)(H2,30,31,37). The Hall–Kier alpha value is -3.75. The van der Waals surface area contributed by atoms with Gasteiger partial charge in [-0.3, -0.25) is 9.59 Å². The molecule has 9 nitrogen and oxygen atoms in total. The highest BCUT2D eigenvalue weighted by Gasteiger charge is 2.43. The molecule has 2 aromatic rings. The van der Waals surface area contributed by atoms with E-state index in [1.54, 1.807) is 4.90 Å². The Bertz CT molecular complexity index is 1160. The number of rotatable bonds is 7. The summed E-state index contributed by atoms with van der Waals surface area (Å²) in [7, 11) is 1.83. The number of ether oxygens (including phenoxy) is 1. The van der Waals surface area contributed by atoms with E-state index in [-0.39, 0.29) is 23.9 Å². The van der Waals surface area contributed by atoms with Crippen molar-refractivity contribution in [2.24, 2.45) is 0 Å². The minimum absolute atomic E-state index is 0.0308. The molecule has 9 heteroatoms. The average Bonchev–Trinajstić information content (AvgIpc) is 3.67.